The van der Waals surface area contributed by atoms with Crippen LogP contribution in [0, 0.1) is 13.8 Å². The molecule has 1 aromatic carbocycles. The maximum atomic E-state index is 12.2. The van der Waals surface area contributed by atoms with Gasteiger partial charge in [-0.15, -0.1) is 0 Å². The molecule has 2 N–H and O–H groups in total. The second-order valence-electron chi connectivity index (χ2n) is 5.30. The lowest BCUT2D eigenvalue weighted by Gasteiger charge is -2.26. The Morgan fingerprint density at radius 3 is 2.89 bits per heavy atom. The van der Waals surface area contributed by atoms with Gasteiger partial charge in [0, 0.05) is 25.1 Å². The summed E-state index contributed by atoms with van der Waals surface area (Å²) in [6, 6.07) is 5.65. The van der Waals surface area contributed by atoms with Crippen LogP contribution in [-0.2, 0) is 4.74 Å². The third-order valence-corrected chi connectivity index (χ3v) is 4.06. The van der Waals surface area contributed by atoms with Gasteiger partial charge in [-0.25, -0.2) is 0 Å². The van der Waals surface area contributed by atoms with Gasteiger partial charge in [0.15, 0.2) is 0 Å². The summed E-state index contributed by atoms with van der Waals surface area (Å²) in [5.74, 6) is -0.145. The molecule has 2 atom stereocenters. The van der Waals surface area contributed by atoms with E-state index < -0.39 is 5.60 Å². The van der Waals surface area contributed by atoms with Crippen molar-refractivity contribution in [2.75, 3.05) is 13.2 Å². The van der Waals surface area contributed by atoms with Crippen molar-refractivity contribution in [1.82, 2.24) is 5.32 Å². The quantitative estimate of drug-likeness (QED) is 0.870. The molecule has 104 valence electrons. The molecule has 1 heterocycles. The number of nitrogens with one attached hydrogen (secondary N) is 1. The van der Waals surface area contributed by atoms with E-state index in [2.05, 4.69) is 5.32 Å². The number of benzene rings is 1. The Morgan fingerprint density at radius 2 is 2.26 bits per heavy atom. The molecule has 1 saturated heterocycles. The molecule has 1 aliphatic rings. The van der Waals surface area contributed by atoms with Crippen LogP contribution in [-0.4, -0.2) is 35.9 Å². The normalized spacial score (nSPS) is 26.4. The first-order chi connectivity index (χ1) is 8.94. The van der Waals surface area contributed by atoms with Gasteiger partial charge >= 0.3 is 0 Å². The Hall–Kier alpha value is -1.39. The number of aryl methyl sites for hydroxylation is 1. The molecule has 1 fully saturated rings. The summed E-state index contributed by atoms with van der Waals surface area (Å²) in [4.78, 5) is 12.2. The van der Waals surface area contributed by atoms with E-state index >= 15 is 0 Å². The molecular weight excluding hydrogens is 242 g/mol. The van der Waals surface area contributed by atoms with Crippen molar-refractivity contribution in [2.24, 2.45) is 0 Å². The molecule has 19 heavy (non-hydrogen) atoms. The lowest BCUT2D eigenvalue weighted by atomic mass is 9.96. The number of hydrogen-bond acceptors (Lipinski definition) is 3. The van der Waals surface area contributed by atoms with E-state index in [1.54, 1.807) is 6.07 Å². The van der Waals surface area contributed by atoms with E-state index in [1.807, 2.05) is 32.9 Å². The number of carbonyl (C=O) groups is 1. The van der Waals surface area contributed by atoms with Crippen molar-refractivity contribution in [3.63, 3.8) is 0 Å². The highest BCUT2D eigenvalue weighted by atomic mass is 16.5. The number of aliphatic hydroxyl groups is 1. The van der Waals surface area contributed by atoms with Crippen LogP contribution in [0.25, 0.3) is 0 Å². The van der Waals surface area contributed by atoms with Crippen LogP contribution in [0.15, 0.2) is 18.2 Å². The third-order valence-electron chi connectivity index (χ3n) is 4.06. The molecule has 0 spiro atoms. The van der Waals surface area contributed by atoms with Crippen LogP contribution in [0.2, 0.25) is 0 Å². The van der Waals surface area contributed by atoms with Crippen LogP contribution >= 0.6 is 0 Å². The zero-order chi connectivity index (χ0) is 14.0. The van der Waals surface area contributed by atoms with Crippen molar-refractivity contribution >= 4 is 5.91 Å². The predicted molar refractivity (Wildman–Crippen MR) is 73.2 cm³/mol. The first-order valence-electron chi connectivity index (χ1n) is 6.62. The molecule has 0 aromatic heterocycles. The fourth-order valence-corrected chi connectivity index (χ4v) is 2.33. The van der Waals surface area contributed by atoms with Gasteiger partial charge in [0.1, 0.15) is 5.60 Å². The summed E-state index contributed by atoms with van der Waals surface area (Å²) in [6.07, 6.45) is 0.313. The third kappa shape index (κ3) is 2.80. The Morgan fingerprint density at radius 1 is 1.53 bits per heavy atom. The minimum absolute atomic E-state index is 0.145. The highest BCUT2D eigenvalue weighted by Crippen LogP contribution is 2.25. The van der Waals surface area contributed by atoms with E-state index in [9.17, 15) is 9.90 Å². The lowest BCUT2D eigenvalue weighted by molar-refractivity contribution is -0.0251. The molecule has 0 aliphatic carbocycles. The average molecular weight is 263 g/mol. The van der Waals surface area contributed by atoms with Crippen molar-refractivity contribution < 1.29 is 14.6 Å². The van der Waals surface area contributed by atoms with Gasteiger partial charge in [0.05, 0.1) is 6.10 Å². The topological polar surface area (TPSA) is 58.6 Å². The van der Waals surface area contributed by atoms with E-state index in [4.69, 9.17) is 4.74 Å². The van der Waals surface area contributed by atoms with Gasteiger partial charge in [-0.2, -0.15) is 0 Å². The average Bonchev–Trinajstić information content (AvgIpc) is 2.71. The summed E-state index contributed by atoms with van der Waals surface area (Å²) in [5, 5.41) is 13.2. The van der Waals surface area contributed by atoms with Crippen LogP contribution in [0.3, 0.4) is 0 Å². The van der Waals surface area contributed by atoms with Crippen LogP contribution in [0.5, 0.6) is 0 Å². The number of carbonyl (C=O) groups excluding carboxylic acids is 1. The summed E-state index contributed by atoms with van der Waals surface area (Å²) in [5.41, 5.74) is 1.77. The molecule has 2 rings (SSSR count). The van der Waals surface area contributed by atoms with Crippen molar-refractivity contribution in [2.45, 2.75) is 38.9 Å². The van der Waals surface area contributed by atoms with Gasteiger partial charge in [0.25, 0.3) is 5.91 Å². The fraction of sp³-hybridized carbons (Fsp3) is 0.533. The Kier molecular flexibility index (Phi) is 3.92. The second kappa shape index (κ2) is 5.31. The molecule has 1 aromatic rings. The van der Waals surface area contributed by atoms with Gasteiger partial charge < -0.3 is 15.2 Å². The highest BCUT2D eigenvalue weighted by molar-refractivity contribution is 5.95. The minimum Gasteiger partial charge on any atom is -0.385 e. The smallest absolute Gasteiger partial charge is 0.251 e. The van der Waals surface area contributed by atoms with Crippen molar-refractivity contribution in [3.8, 4) is 0 Å². The monoisotopic (exact) mass is 263 g/mol. The van der Waals surface area contributed by atoms with Crippen LogP contribution < -0.4 is 5.32 Å². The summed E-state index contributed by atoms with van der Waals surface area (Å²) >= 11 is 0. The van der Waals surface area contributed by atoms with E-state index in [0.717, 1.165) is 11.1 Å². The Bertz CT molecular complexity index is 486. The SMILES string of the molecule is Cc1cccc(C(=O)NCC2(O)CCOC2C)c1C. The van der Waals surface area contributed by atoms with Crippen LogP contribution in [0.1, 0.15) is 34.8 Å². The molecule has 1 amide bonds. The Balaban J connectivity index is 2.04. The number of rotatable bonds is 3. The number of ether oxygens (including phenoxy) is 1. The molecule has 0 radical (unpaired) electrons. The van der Waals surface area contributed by atoms with Gasteiger partial charge in [-0.1, -0.05) is 12.1 Å². The number of amides is 1. The molecule has 2 unspecified atom stereocenters. The predicted octanol–water partition coefficient (Wildman–Crippen LogP) is 1.57. The van der Waals surface area contributed by atoms with E-state index in [-0.39, 0.29) is 18.6 Å². The zero-order valence-corrected chi connectivity index (χ0v) is 11.7. The molecule has 4 heteroatoms. The minimum atomic E-state index is -0.951. The Labute approximate surface area is 113 Å². The largest absolute Gasteiger partial charge is 0.385 e. The molecule has 0 bridgehead atoms. The van der Waals surface area contributed by atoms with Gasteiger partial charge in [-0.05, 0) is 38.0 Å². The lowest BCUT2D eigenvalue weighted by Crippen LogP contribution is -2.47. The van der Waals surface area contributed by atoms with Gasteiger partial charge in [0.2, 0.25) is 0 Å². The standard InChI is InChI=1S/C15H21NO3/c1-10-5-4-6-13(11(10)2)14(17)16-9-15(18)7-8-19-12(15)3/h4-6,12,18H,7-9H2,1-3H3,(H,16,17). The zero-order valence-electron chi connectivity index (χ0n) is 11.7. The fourth-order valence-electron chi connectivity index (χ4n) is 2.33. The molecule has 4 nitrogen and oxygen atoms in total. The maximum Gasteiger partial charge on any atom is 0.251 e. The summed E-state index contributed by atoms with van der Waals surface area (Å²) in [6.45, 7) is 6.50. The molecular formula is C15H21NO3. The van der Waals surface area contributed by atoms with Crippen molar-refractivity contribution in [3.05, 3.63) is 34.9 Å². The maximum absolute atomic E-state index is 12.2. The van der Waals surface area contributed by atoms with E-state index in [1.165, 1.54) is 0 Å². The molecule has 0 saturated carbocycles. The van der Waals surface area contributed by atoms with Gasteiger partial charge in [-0.3, -0.25) is 4.79 Å². The number of hydrogen-bond donors (Lipinski definition) is 2. The van der Waals surface area contributed by atoms with Crippen molar-refractivity contribution in [1.29, 1.82) is 0 Å². The first kappa shape index (κ1) is 14.0. The molecule has 1 aliphatic heterocycles. The highest BCUT2D eigenvalue weighted by Gasteiger charge is 2.39. The van der Waals surface area contributed by atoms with E-state index in [0.29, 0.717) is 18.6 Å². The summed E-state index contributed by atoms with van der Waals surface area (Å²) < 4.78 is 5.35. The van der Waals surface area contributed by atoms with Crippen LogP contribution in [0.4, 0.5) is 0 Å². The first-order valence-corrected chi connectivity index (χ1v) is 6.62. The second-order valence-corrected chi connectivity index (χ2v) is 5.30. The summed E-state index contributed by atoms with van der Waals surface area (Å²) in [7, 11) is 0.